The van der Waals surface area contributed by atoms with Gasteiger partial charge in [-0.3, -0.25) is 3.11 Å². The molecule has 0 saturated carbocycles. The van der Waals surface area contributed by atoms with Crippen LogP contribution >= 0.6 is 22.9 Å². The van der Waals surface area contributed by atoms with Crippen LogP contribution in [0.5, 0.6) is 0 Å². The lowest BCUT2D eigenvalue weighted by Crippen LogP contribution is -2.06. The van der Waals surface area contributed by atoms with Gasteiger partial charge in [-0.1, -0.05) is 44.2 Å². The van der Waals surface area contributed by atoms with Crippen LogP contribution in [-0.2, 0) is 6.18 Å². The molecule has 4 aromatic rings. The Kier molecular flexibility index (Phi) is 4.77. The predicted molar refractivity (Wildman–Crippen MR) is 115 cm³/mol. The van der Waals surface area contributed by atoms with Crippen LogP contribution in [0.4, 0.5) is 24.5 Å². The maximum Gasteiger partial charge on any atom is 0.416 e. The van der Waals surface area contributed by atoms with Crippen molar-refractivity contribution in [1.29, 1.82) is 0 Å². The Morgan fingerprint density at radius 2 is 1.46 bits per heavy atom. The van der Waals surface area contributed by atoms with Gasteiger partial charge >= 0.3 is 6.18 Å². The summed E-state index contributed by atoms with van der Waals surface area (Å²) in [6.45, 7) is 4.24. The van der Waals surface area contributed by atoms with Crippen molar-refractivity contribution in [3.05, 3.63) is 71.8 Å². The van der Waals surface area contributed by atoms with Crippen molar-refractivity contribution in [2.75, 3.05) is 3.11 Å². The van der Waals surface area contributed by atoms with E-state index in [9.17, 15) is 13.2 Å². The molecule has 0 aliphatic carbocycles. The normalized spacial score (nSPS) is 12.2. The average molecular weight is 495 g/mol. The van der Waals surface area contributed by atoms with Crippen LogP contribution in [0.1, 0.15) is 30.9 Å². The lowest BCUT2D eigenvalue weighted by molar-refractivity contribution is -0.137. The number of anilines is 2. The maximum absolute atomic E-state index is 12.8. The summed E-state index contributed by atoms with van der Waals surface area (Å²) in [5, 5.41) is 2.03. The van der Waals surface area contributed by atoms with Crippen LogP contribution in [0.2, 0.25) is 0 Å². The van der Waals surface area contributed by atoms with Crippen molar-refractivity contribution < 1.29 is 17.6 Å². The highest BCUT2D eigenvalue weighted by molar-refractivity contribution is 14.1. The molecule has 0 radical (unpaired) electrons. The van der Waals surface area contributed by atoms with Crippen LogP contribution in [0, 0.1) is 0 Å². The van der Waals surface area contributed by atoms with Crippen LogP contribution in [0.15, 0.2) is 65.1 Å². The van der Waals surface area contributed by atoms with E-state index in [2.05, 4.69) is 42.8 Å². The first-order valence-electron chi connectivity index (χ1n) is 8.84. The minimum atomic E-state index is -4.35. The van der Waals surface area contributed by atoms with Crippen LogP contribution in [0.3, 0.4) is 0 Å². The second kappa shape index (κ2) is 6.99. The van der Waals surface area contributed by atoms with E-state index in [1.807, 2.05) is 33.4 Å². The summed E-state index contributed by atoms with van der Waals surface area (Å²) in [5.74, 6) is 0.318. The van der Waals surface area contributed by atoms with E-state index < -0.39 is 11.7 Å². The van der Waals surface area contributed by atoms with Crippen molar-refractivity contribution >= 4 is 56.2 Å². The molecule has 0 unspecified atom stereocenters. The highest BCUT2D eigenvalue weighted by atomic mass is 127. The standard InChI is InChI=1S/C22H17F3INO/c1-13(2)16-5-3-6-17-18-7-4-8-19(21(18)28-20(16)17)27(26)15-11-9-14(10-12-15)22(23,24)25/h3-13H,1-2H3. The Bertz CT molecular complexity index is 1150. The van der Waals surface area contributed by atoms with E-state index >= 15 is 0 Å². The zero-order valence-electron chi connectivity index (χ0n) is 15.2. The Morgan fingerprint density at radius 3 is 2.07 bits per heavy atom. The third-order valence-corrected chi connectivity index (χ3v) is 5.87. The van der Waals surface area contributed by atoms with Gasteiger partial charge in [0.1, 0.15) is 5.58 Å². The summed E-state index contributed by atoms with van der Waals surface area (Å²) in [6, 6.07) is 17.1. The number of furan rings is 1. The summed E-state index contributed by atoms with van der Waals surface area (Å²) in [7, 11) is 0. The maximum atomic E-state index is 12.8. The molecule has 0 aliphatic heterocycles. The third-order valence-electron chi connectivity index (χ3n) is 4.79. The molecule has 0 fully saturated rings. The molecule has 6 heteroatoms. The lowest BCUT2D eigenvalue weighted by atomic mass is 10.0. The van der Waals surface area contributed by atoms with Crippen LogP contribution in [0.25, 0.3) is 21.9 Å². The fraction of sp³-hybridized carbons (Fsp3) is 0.182. The molecule has 0 saturated heterocycles. The van der Waals surface area contributed by atoms with E-state index in [1.54, 1.807) is 0 Å². The van der Waals surface area contributed by atoms with E-state index in [4.69, 9.17) is 4.42 Å². The lowest BCUT2D eigenvalue weighted by Gasteiger charge is -2.17. The number of halogens is 4. The summed E-state index contributed by atoms with van der Waals surface area (Å²) in [4.78, 5) is 0. The first kappa shape index (κ1) is 19.1. The first-order chi connectivity index (χ1) is 13.3. The first-order valence-corrected chi connectivity index (χ1v) is 9.81. The monoisotopic (exact) mass is 495 g/mol. The number of para-hydroxylation sites is 2. The van der Waals surface area contributed by atoms with Gasteiger partial charge in [0.15, 0.2) is 5.58 Å². The number of rotatable bonds is 3. The minimum Gasteiger partial charge on any atom is -0.454 e. The number of hydrogen-bond donors (Lipinski definition) is 0. The Hall–Kier alpha value is -2.22. The molecule has 0 atom stereocenters. The Labute approximate surface area is 174 Å². The molecule has 28 heavy (non-hydrogen) atoms. The van der Waals surface area contributed by atoms with E-state index in [-0.39, 0.29) is 0 Å². The van der Waals surface area contributed by atoms with Crippen LogP contribution < -0.4 is 3.11 Å². The quantitative estimate of drug-likeness (QED) is 0.210. The van der Waals surface area contributed by atoms with Gasteiger partial charge in [-0.2, -0.15) is 13.2 Å². The summed E-state index contributed by atoms with van der Waals surface area (Å²) in [6.07, 6.45) is -4.35. The number of alkyl halides is 3. The topological polar surface area (TPSA) is 16.4 Å². The van der Waals surface area contributed by atoms with Gasteiger partial charge in [0.05, 0.1) is 39.8 Å². The van der Waals surface area contributed by atoms with Gasteiger partial charge in [-0.05, 0) is 41.8 Å². The predicted octanol–water partition coefficient (Wildman–Crippen LogP) is 8.22. The number of nitrogens with zero attached hydrogens (tertiary/aromatic N) is 1. The van der Waals surface area contributed by atoms with Crippen LogP contribution in [-0.4, -0.2) is 0 Å². The smallest absolute Gasteiger partial charge is 0.416 e. The molecule has 4 rings (SSSR count). The fourth-order valence-electron chi connectivity index (χ4n) is 3.36. The summed E-state index contributed by atoms with van der Waals surface area (Å²) < 4.78 is 46.6. The Morgan fingerprint density at radius 1 is 0.857 bits per heavy atom. The largest absolute Gasteiger partial charge is 0.454 e. The summed E-state index contributed by atoms with van der Waals surface area (Å²) >= 11 is 2.09. The zero-order valence-corrected chi connectivity index (χ0v) is 17.4. The van der Waals surface area contributed by atoms with Gasteiger partial charge in [0.2, 0.25) is 0 Å². The molecular weight excluding hydrogens is 478 g/mol. The summed E-state index contributed by atoms with van der Waals surface area (Å²) in [5.41, 5.74) is 3.49. The van der Waals surface area contributed by atoms with Gasteiger partial charge in [0, 0.05) is 10.8 Å². The fourth-order valence-corrected chi connectivity index (χ4v) is 4.06. The molecule has 3 aromatic carbocycles. The molecule has 1 aromatic heterocycles. The van der Waals surface area contributed by atoms with E-state index in [1.165, 1.54) is 12.1 Å². The highest BCUT2D eigenvalue weighted by Crippen LogP contribution is 2.42. The van der Waals surface area contributed by atoms with Crippen molar-refractivity contribution in [2.45, 2.75) is 25.9 Å². The molecule has 0 N–H and O–H groups in total. The Balaban J connectivity index is 1.84. The van der Waals surface area contributed by atoms with Gasteiger partial charge < -0.3 is 4.42 Å². The van der Waals surface area contributed by atoms with Crippen molar-refractivity contribution in [3.63, 3.8) is 0 Å². The van der Waals surface area contributed by atoms with Crippen molar-refractivity contribution in [3.8, 4) is 0 Å². The molecule has 0 aliphatic rings. The molecule has 0 spiro atoms. The van der Waals surface area contributed by atoms with E-state index in [0.717, 1.165) is 45.3 Å². The zero-order chi connectivity index (χ0) is 20.1. The second-order valence-corrected chi connectivity index (χ2v) is 7.92. The third kappa shape index (κ3) is 3.23. The van der Waals surface area contributed by atoms with E-state index in [0.29, 0.717) is 11.6 Å². The molecule has 0 bridgehead atoms. The molecular formula is C22H17F3INO. The highest BCUT2D eigenvalue weighted by Gasteiger charge is 2.30. The van der Waals surface area contributed by atoms with Gasteiger partial charge in [-0.25, -0.2) is 0 Å². The number of fused-ring (bicyclic) bond motifs is 3. The second-order valence-electron chi connectivity index (χ2n) is 6.96. The van der Waals surface area contributed by atoms with Gasteiger partial charge in [0.25, 0.3) is 0 Å². The number of hydrogen-bond acceptors (Lipinski definition) is 2. The molecule has 1 heterocycles. The molecule has 2 nitrogen and oxygen atoms in total. The van der Waals surface area contributed by atoms with Crippen molar-refractivity contribution in [2.24, 2.45) is 0 Å². The SMILES string of the molecule is CC(C)c1cccc2c1oc1c(N(I)c3ccc(C(F)(F)F)cc3)cccc12. The van der Waals surface area contributed by atoms with Gasteiger partial charge in [-0.15, -0.1) is 0 Å². The minimum absolute atomic E-state index is 0.318. The van der Waals surface area contributed by atoms with Crippen molar-refractivity contribution in [1.82, 2.24) is 0 Å². The molecule has 0 amide bonds. The molecule has 144 valence electrons. The average Bonchev–Trinajstić information content (AvgIpc) is 3.05. The number of benzene rings is 3.